The highest BCUT2D eigenvalue weighted by molar-refractivity contribution is 4.87. The molecule has 0 radical (unpaired) electrons. The van der Waals surface area contributed by atoms with Crippen molar-refractivity contribution in [2.24, 2.45) is 5.41 Å². The summed E-state index contributed by atoms with van der Waals surface area (Å²) in [7, 11) is 0. The third kappa shape index (κ3) is 2.35. The van der Waals surface area contributed by atoms with Gasteiger partial charge >= 0.3 is 0 Å². The minimum atomic E-state index is 0.371. The Bertz CT molecular complexity index is 84.6. The molecule has 0 aliphatic heterocycles. The smallest absolute Gasteiger partial charge is 0.0431 e. The summed E-state index contributed by atoms with van der Waals surface area (Å²) in [5.41, 5.74) is 0.690. The van der Waals surface area contributed by atoms with Gasteiger partial charge in [0, 0.05) is 6.61 Å². The predicted molar refractivity (Wildman–Crippen MR) is 38.3 cm³/mol. The summed E-state index contributed by atoms with van der Waals surface area (Å²) in [5, 5.41) is 8.48. The zero-order chi connectivity index (χ0) is 6.74. The lowest BCUT2D eigenvalue weighted by Crippen LogP contribution is -1.93. The van der Waals surface area contributed by atoms with E-state index in [1.807, 2.05) is 0 Å². The summed E-state index contributed by atoms with van der Waals surface area (Å²) in [4.78, 5) is 0. The van der Waals surface area contributed by atoms with Gasteiger partial charge in [-0.05, 0) is 31.1 Å². The minimum Gasteiger partial charge on any atom is -0.396 e. The van der Waals surface area contributed by atoms with E-state index in [0.29, 0.717) is 12.0 Å². The molecule has 0 atom stereocenters. The lowest BCUT2D eigenvalue weighted by Gasteiger charge is -2.04. The van der Waals surface area contributed by atoms with E-state index in [-0.39, 0.29) is 0 Å². The average molecular weight is 128 g/mol. The van der Waals surface area contributed by atoms with Crippen molar-refractivity contribution < 1.29 is 5.11 Å². The Labute approximate surface area is 57.1 Å². The molecule has 0 bridgehead atoms. The van der Waals surface area contributed by atoms with Gasteiger partial charge in [0.25, 0.3) is 0 Å². The Hall–Kier alpha value is -0.0400. The van der Waals surface area contributed by atoms with Gasteiger partial charge in [0.2, 0.25) is 0 Å². The van der Waals surface area contributed by atoms with E-state index < -0.39 is 0 Å². The Morgan fingerprint density at radius 2 is 2.00 bits per heavy atom. The summed E-state index contributed by atoms with van der Waals surface area (Å²) in [5.74, 6) is 0. The van der Waals surface area contributed by atoms with Crippen molar-refractivity contribution >= 4 is 0 Å². The molecule has 1 heteroatoms. The molecular weight excluding hydrogens is 112 g/mol. The van der Waals surface area contributed by atoms with Crippen molar-refractivity contribution in [1.82, 2.24) is 0 Å². The number of hydrogen-bond acceptors (Lipinski definition) is 1. The van der Waals surface area contributed by atoms with Crippen molar-refractivity contribution in [3.05, 3.63) is 0 Å². The van der Waals surface area contributed by atoms with Crippen LogP contribution in [0.3, 0.4) is 0 Å². The van der Waals surface area contributed by atoms with Crippen molar-refractivity contribution in [2.75, 3.05) is 6.61 Å². The fourth-order valence-electron chi connectivity index (χ4n) is 1.13. The standard InChI is InChI=1S/C8H16O/c1-8(5-6-8)4-2-3-7-9/h9H,2-7H2,1H3. The number of hydrogen-bond donors (Lipinski definition) is 1. The second kappa shape index (κ2) is 2.70. The second-order valence-corrected chi connectivity index (χ2v) is 3.49. The van der Waals surface area contributed by atoms with Crippen LogP contribution in [0.1, 0.15) is 39.0 Å². The van der Waals surface area contributed by atoms with E-state index in [2.05, 4.69) is 6.92 Å². The Morgan fingerprint density at radius 3 is 2.44 bits per heavy atom. The molecule has 0 aromatic rings. The maximum atomic E-state index is 8.48. The van der Waals surface area contributed by atoms with E-state index in [1.54, 1.807) is 0 Å². The van der Waals surface area contributed by atoms with Crippen molar-refractivity contribution in [3.8, 4) is 0 Å². The molecule has 0 saturated heterocycles. The topological polar surface area (TPSA) is 20.2 Å². The Kier molecular flexibility index (Phi) is 2.12. The maximum absolute atomic E-state index is 8.48. The first kappa shape index (κ1) is 7.07. The summed E-state index contributed by atoms with van der Waals surface area (Å²) in [6, 6.07) is 0. The molecule has 1 aliphatic rings. The van der Waals surface area contributed by atoms with Gasteiger partial charge in [0.1, 0.15) is 0 Å². The molecular formula is C8H16O. The van der Waals surface area contributed by atoms with Crippen LogP contribution in [0.4, 0.5) is 0 Å². The van der Waals surface area contributed by atoms with E-state index in [1.165, 1.54) is 25.7 Å². The van der Waals surface area contributed by atoms with Crippen molar-refractivity contribution in [2.45, 2.75) is 39.0 Å². The van der Waals surface area contributed by atoms with Crippen LogP contribution >= 0.6 is 0 Å². The van der Waals surface area contributed by atoms with Crippen LogP contribution in [-0.4, -0.2) is 11.7 Å². The Morgan fingerprint density at radius 1 is 1.33 bits per heavy atom. The van der Waals surface area contributed by atoms with Crippen molar-refractivity contribution in [3.63, 3.8) is 0 Å². The van der Waals surface area contributed by atoms with Gasteiger partial charge < -0.3 is 5.11 Å². The van der Waals surface area contributed by atoms with Crippen LogP contribution in [0.25, 0.3) is 0 Å². The van der Waals surface area contributed by atoms with Gasteiger partial charge in [-0.1, -0.05) is 13.3 Å². The fourth-order valence-corrected chi connectivity index (χ4v) is 1.13. The lowest BCUT2D eigenvalue weighted by molar-refractivity contribution is 0.277. The van der Waals surface area contributed by atoms with Crippen molar-refractivity contribution in [1.29, 1.82) is 0 Å². The van der Waals surface area contributed by atoms with Crippen LogP contribution in [0, 0.1) is 5.41 Å². The third-order valence-electron chi connectivity index (χ3n) is 2.29. The minimum absolute atomic E-state index is 0.371. The molecule has 1 aliphatic carbocycles. The third-order valence-corrected chi connectivity index (χ3v) is 2.29. The Balaban J connectivity index is 1.92. The molecule has 1 rings (SSSR count). The number of aliphatic hydroxyl groups excluding tert-OH is 1. The van der Waals surface area contributed by atoms with Crippen LogP contribution in [0.2, 0.25) is 0 Å². The number of unbranched alkanes of at least 4 members (excludes halogenated alkanes) is 1. The summed E-state index contributed by atoms with van der Waals surface area (Å²) in [6.45, 7) is 2.71. The van der Waals surface area contributed by atoms with E-state index in [4.69, 9.17) is 5.11 Å². The van der Waals surface area contributed by atoms with Crippen LogP contribution in [0.5, 0.6) is 0 Å². The molecule has 54 valence electrons. The quantitative estimate of drug-likeness (QED) is 0.574. The molecule has 0 amide bonds. The summed E-state index contributed by atoms with van der Waals surface area (Å²) in [6.07, 6.45) is 6.37. The fraction of sp³-hybridized carbons (Fsp3) is 1.00. The first-order chi connectivity index (χ1) is 4.27. The van der Waals surface area contributed by atoms with Crippen LogP contribution in [-0.2, 0) is 0 Å². The van der Waals surface area contributed by atoms with Gasteiger partial charge in [-0.25, -0.2) is 0 Å². The highest BCUT2D eigenvalue weighted by Crippen LogP contribution is 2.48. The molecule has 0 spiro atoms. The predicted octanol–water partition coefficient (Wildman–Crippen LogP) is 1.95. The normalized spacial score (nSPS) is 22.0. The van der Waals surface area contributed by atoms with Crippen LogP contribution in [0.15, 0.2) is 0 Å². The number of aliphatic hydroxyl groups is 1. The molecule has 0 aromatic carbocycles. The second-order valence-electron chi connectivity index (χ2n) is 3.49. The van der Waals surface area contributed by atoms with Crippen LogP contribution < -0.4 is 0 Å². The van der Waals surface area contributed by atoms with Gasteiger partial charge in [0.05, 0.1) is 0 Å². The SMILES string of the molecule is CC1(CCCCO)CC1. The maximum Gasteiger partial charge on any atom is 0.0431 e. The molecule has 0 aromatic heterocycles. The monoisotopic (exact) mass is 128 g/mol. The van der Waals surface area contributed by atoms with E-state index >= 15 is 0 Å². The molecule has 1 N–H and O–H groups in total. The average Bonchev–Trinajstić information content (AvgIpc) is 2.50. The first-order valence-corrected chi connectivity index (χ1v) is 3.88. The molecule has 1 saturated carbocycles. The van der Waals surface area contributed by atoms with E-state index in [9.17, 15) is 0 Å². The van der Waals surface area contributed by atoms with Gasteiger partial charge in [-0.2, -0.15) is 0 Å². The zero-order valence-corrected chi connectivity index (χ0v) is 6.19. The molecule has 1 fully saturated rings. The molecule has 0 unspecified atom stereocenters. The van der Waals surface area contributed by atoms with Gasteiger partial charge in [-0.3, -0.25) is 0 Å². The highest BCUT2D eigenvalue weighted by atomic mass is 16.2. The number of rotatable bonds is 4. The summed E-state index contributed by atoms with van der Waals surface area (Å²) >= 11 is 0. The zero-order valence-electron chi connectivity index (χ0n) is 6.19. The first-order valence-electron chi connectivity index (χ1n) is 3.88. The molecule has 9 heavy (non-hydrogen) atoms. The van der Waals surface area contributed by atoms with E-state index in [0.717, 1.165) is 6.42 Å². The van der Waals surface area contributed by atoms with Gasteiger partial charge in [-0.15, -0.1) is 0 Å². The molecule has 1 nitrogen and oxygen atoms in total. The largest absolute Gasteiger partial charge is 0.396 e. The lowest BCUT2D eigenvalue weighted by atomic mass is 10.0. The highest BCUT2D eigenvalue weighted by Gasteiger charge is 2.35. The summed E-state index contributed by atoms with van der Waals surface area (Å²) < 4.78 is 0. The van der Waals surface area contributed by atoms with Gasteiger partial charge in [0.15, 0.2) is 0 Å². The molecule has 0 heterocycles.